The predicted molar refractivity (Wildman–Crippen MR) is 72.1 cm³/mol. The van der Waals surface area contributed by atoms with Crippen molar-refractivity contribution in [1.82, 2.24) is 0 Å². The number of halogens is 7. The molecule has 21 heavy (non-hydrogen) atoms. The van der Waals surface area contributed by atoms with Gasteiger partial charge in [0.05, 0.1) is 5.56 Å². The van der Waals surface area contributed by atoms with E-state index in [0.29, 0.717) is 0 Å². The summed E-state index contributed by atoms with van der Waals surface area (Å²) in [5, 5.41) is 2.78. The second-order valence-corrected chi connectivity index (χ2v) is 5.69. The van der Waals surface area contributed by atoms with Crippen LogP contribution in [0.25, 0.3) is 0 Å². The minimum Gasteiger partial charge on any atom is -0.383 e. The number of nitrogens with one attached hydrogen (secondary N) is 1. The lowest BCUT2D eigenvalue weighted by molar-refractivity contribution is -0.138. The van der Waals surface area contributed by atoms with Gasteiger partial charge < -0.3 is 5.32 Å². The van der Waals surface area contributed by atoms with Gasteiger partial charge >= 0.3 is 12.4 Å². The van der Waals surface area contributed by atoms with Crippen molar-refractivity contribution in [2.45, 2.75) is 44.6 Å². The van der Waals surface area contributed by atoms with Crippen molar-refractivity contribution in [3.63, 3.8) is 0 Å². The van der Waals surface area contributed by atoms with Crippen molar-refractivity contribution in [3.05, 3.63) is 28.2 Å². The van der Waals surface area contributed by atoms with Gasteiger partial charge in [0, 0.05) is 22.6 Å². The third kappa shape index (κ3) is 7.06. The first-order chi connectivity index (χ1) is 9.47. The number of rotatable bonds is 5. The molecule has 0 aromatic heterocycles. The summed E-state index contributed by atoms with van der Waals surface area (Å²) in [6.07, 6.45) is -9.44. The van der Waals surface area contributed by atoms with Gasteiger partial charge in [-0.2, -0.15) is 26.3 Å². The van der Waals surface area contributed by atoms with Crippen molar-refractivity contribution in [2.24, 2.45) is 0 Å². The van der Waals surface area contributed by atoms with Gasteiger partial charge in [-0.1, -0.05) is 15.9 Å². The average Bonchev–Trinajstić information content (AvgIpc) is 2.24. The summed E-state index contributed by atoms with van der Waals surface area (Å²) in [6.45, 7) is 1.63. The molecule has 0 aliphatic rings. The van der Waals surface area contributed by atoms with Crippen LogP contribution in [-0.2, 0) is 6.18 Å². The highest BCUT2D eigenvalue weighted by Crippen LogP contribution is 2.33. The van der Waals surface area contributed by atoms with E-state index < -0.39 is 24.3 Å². The highest BCUT2D eigenvalue weighted by atomic mass is 79.9. The molecule has 0 aliphatic carbocycles. The van der Waals surface area contributed by atoms with Crippen LogP contribution in [0.2, 0.25) is 0 Å². The van der Waals surface area contributed by atoms with Crippen LogP contribution in [0.5, 0.6) is 0 Å². The van der Waals surface area contributed by atoms with E-state index in [2.05, 4.69) is 21.2 Å². The third-order valence-corrected chi connectivity index (χ3v) is 3.19. The summed E-state index contributed by atoms with van der Waals surface area (Å²) < 4.78 is 74.2. The SMILES string of the molecule is CC(CCCC(F)(F)F)Nc1cc(Br)cc(C(F)(F)F)c1. The standard InChI is InChI=1S/C13H14BrF6N/c1-8(3-2-4-12(15,16)17)21-11-6-9(13(18,19)20)5-10(14)7-11/h5-8,21H,2-4H2,1H3. The van der Waals surface area contributed by atoms with Crippen molar-refractivity contribution in [2.75, 3.05) is 5.32 Å². The van der Waals surface area contributed by atoms with Gasteiger partial charge in [-0.15, -0.1) is 0 Å². The van der Waals surface area contributed by atoms with Crippen LogP contribution in [0, 0.1) is 0 Å². The lowest BCUT2D eigenvalue weighted by atomic mass is 10.1. The zero-order chi connectivity index (χ0) is 16.3. The quantitative estimate of drug-likeness (QED) is 0.620. The number of alkyl halides is 6. The second-order valence-electron chi connectivity index (χ2n) is 4.78. The zero-order valence-electron chi connectivity index (χ0n) is 11.1. The Bertz CT molecular complexity index is 469. The van der Waals surface area contributed by atoms with E-state index in [9.17, 15) is 26.3 Å². The molecule has 0 bridgehead atoms. The first kappa shape index (κ1) is 18.1. The van der Waals surface area contributed by atoms with Gasteiger partial charge in [0.25, 0.3) is 0 Å². The molecule has 0 saturated carbocycles. The van der Waals surface area contributed by atoms with E-state index >= 15 is 0 Å². The Balaban J connectivity index is 2.64. The van der Waals surface area contributed by atoms with E-state index in [1.165, 1.54) is 6.07 Å². The maximum atomic E-state index is 12.6. The van der Waals surface area contributed by atoms with E-state index in [0.717, 1.165) is 12.1 Å². The molecule has 0 saturated heterocycles. The molecule has 0 radical (unpaired) electrons. The first-order valence-electron chi connectivity index (χ1n) is 6.18. The van der Waals surface area contributed by atoms with Gasteiger partial charge in [-0.05, 0) is 38.0 Å². The Morgan fingerprint density at radius 2 is 1.71 bits per heavy atom. The van der Waals surface area contributed by atoms with Crippen molar-refractivity contribution in [3.8, 4) is 0 Å². The molecule has 8 heteroatoms. The number of benzene rings is 1. The zero-order valence-corrected chi connectivity index (χ0v) is 12.7. The summed E-state index contributed by atoms with van der Waals surface area (Å²) in [6, 6.07) is 2.97. The lowest BCUT2D eigenvalue weighted by Gasteiger charge is -2.17. The summed E-state index contributed by atoms with van der Waals surface area (Å²) in [4.78, 5) is 0. The molecule has 0 heterocycles. The predicted octanol–water partition coefficient (Wildman–Crippen LogP) is 6.00. The molecule has 1 aromatic rings. The second kappa shape index (κ2) is 6.89. The minimum absolute atomic E-state index is 0.0716. The Morgan fingerprint density at radius 3 is 2.24 bits per heavy atom. The summed E-state index contributed by atoms with van der Waals surface area (Å²) >= 11 is 2.99. The third-order valence-electron chi connectivity index (χ3n) is 2.74. The largest absolute Gasteiger partial charge is 0.416 e. The fourth-order valence-corrected chi connectivity index (χ4v) is 2.30. The maximum absolute atomic E-state index is 12.6. The fraction of sp³-hybridized carbons (Fsp3) is 0.538. The lowest BCUT2D eigenvalue weighted by Crippen LogP contribution is -2.17. The molecule has 120 valence electrons. The molecule has 0 spiro atoms. The van der Waals surface area contributed by atoms with Crippen LogP contribution in [0.15, 0.2) is 22.7 Å². The van der Waals surface area contributed by atoms with Crippen molar-refractivity contribution < 1.29 is 26.3 Å². The van der Waals surface area contributed by atoms with Gasteiger partial charge in [0.1, 0.15) is 0 Å². The summed E-state index contributed by atoms with van der Waals surface area (Å²) in [5.74, 6) is 0. The fourth-order valence-electron chi connectivity index (χ4n) is 1.80. The van der Waals surface area contributed by atoms with E-state index in [4.69, 9.17) is 0 Å². The van der Waals surface area contributed by atoms with Gasteiger partial charge in [-0.3, -0.25) is 0 Å². The van der Waals surface area contributed by atoms with Crippen LogP contribution < -0.4 is 5.32 Å². The average molecular weight is 378 g/mol. The molecular formula is C13H14BrF6N. The normalized spacial score (nSPS) is 14.1. The van der Waals surface area contributed by atoms with E-state index in [1.54, 1.807) is 6.92 Å². The molecule has 0 amide bonds. The van der Waals surface area contributed by atoms with Gasteiger partial charge in [-0.25, -0.2) is 0 Å². The maximum Gasteiger partial charge on any atom is 0.416 e. The number of hydrogen-bond donors (Lipinski definition) is 1. The molecular weight excluding hydrogens is 364 g/mol. The molecule has 1 N–H and O–H groups in total. The summed E-state index contributed by atoms with van der Waals surface area (Å²) in [7, 11) is 0. The minimum atomic E-state index is -4.47. The van der Waals surface area contributed by atoms with Crippen LogP contribution in [0.3, 0.4) is 0 Å². The van der Waals surface area contributed by atoms with Crippen LogP contribution in [0.4, 0.5) is 32.0 Å². The Hall–Kier alpha value is -0.920. The highest BCUT2D eigenvalue weighted by Gasteiger charge is 2.31. The van der Waals surface area contributed by atoms with Crippen LogP contribution in [-0.4, -0.2) is 12.2 Å². The first-order valence-corrected chi connectivity index (χ1v) is 6.98. The molecule has 1 nitrogen and oxygen atoms in total. The smallest absolute Gasteiger partial charge is 0.383 e. The Morgan fingerprint density at radius 1 is 1.10 bits per heavy atom. The molecule has 0 aliphatic heterocycles. The monoisotopic (exact) mass is 377 g/mol. The van der Waals surface area contributed by atoms with Crippen molar-refractivity contribution in [1.29, 1.82) is 0 Å². The van der Waals surface area contributed by atoms with Gasteiger partial charge in [0.15, 0.2) is 0 Å². The topological polar surface area (TPSA) is 12.0 Å². The number of hydrogen-bond acceptors (Lipinski definition) is 1. The van der Waals surface area contributed by atoms with E-state index in [-0.39, 0.29) is 29.0 Å². The van der Waals surface area contributed by atoms with Crippen LogP contribution in [0.1, 0.15) is 31.7 Å². The molecule has 1 rings (SSSR count). The Labute approximate surface area is 126 Å². The van der Waals surface area contributed by atoms with Crippen LogP contribution >= 0.6 is 15.9 Å². The summed E-state index contributed by atoms with van der Waals surface area (Å²) in [5.41, 5.74) is -0.599. The molecule has 1 atom stereocenters. The Kier molecular flexibility index (Phi) is 5.95. The van der Waals surface area contributed by atoms with E-state index in [1.807, 2.05) is 0 Å². The number of anilines is 1. The molecule has 1 unspecified atom stereocenters. The highest BCUT2D eigenvalue weighted by molar-refractivity contribution is 9.10. The molecule has 1 aromatic carbocycles. The van der Waals surface area contributed by atoms with Crippen molar-refractivity contribution >= 4 is 21.6 Å². The molecule has 0 fully saturated rings. The van der Waals surface area contributed by atoms with Gasteiger partial charge in [0.2, 0.25) is 0 Å².